The van der Waals surface area contributed by atoms with Crippen molar-refractivity contribution in [3.63, 3.8) is 0 Å². The topological polar surface area (TPSA) is 106 Å². The first-order valence-corrected chi connectivity index (χ1v) is 10.1. The number of thiazole rings is 1. The minimum atomic E-state index is -0.369. The molecule has 1 fully saturated rings. The minimum Gasteiger partial charge on any atom is -0.377 e. The van der Waals surface area contributed by atoms with E-state index in [-0.39, 0.29) is 24.9 Å². The Bertz CT molecular complexity index is 767. The van der Waals surface area contributed by atoms with Gasteiger partial charge in [-0.15, -0.1) is 0 Å². The fraction of sp³-hybridized carbons (Fsp3) is 0.474. The minimum absolute atomic E-state index is 0.0321. The number of hydrogen-bond acceptors (Lipinski definition) is 7. The van der Waals surface area contributed by atoms with Gasteiger partial charge in [-0.25, -0.2) is 9.78 Å². The molecule has 0 aliphatic carbocycles. The summed E-state index contributed by atoms with van der Waals surface area (Å²) in [5, 5.41) is 5.86. The van der Waals surface area contributed by atoms with E-state index in [1.165, 1.54) is 16.2 Å². The third-order valence-electron chi connectivity index (χ3n) is 3.83. The Morgan fingerprint density at radius 3 is 2.31 bits per heavy atom. The molecule has 29 heavy (non-hydrogen) atoms. The van der Waals surface area contributed by atoms with Crippen molar-refractivity contribution in [2.45, 2.75) is 13.3 Å². The summed E-state index contributed by atoms with van der Waals surface area (Å²) >= 11 is 1.40. The van der Waals surface area contributed by atoms with Crippen LogP contribution < -0.4 is 10.6 Å². The predicted molar refractivity (Wildman–Crippen MR) is 112 cm³/mol. The van der Waals surface area contributed by atoms with Crippen molar-refractivity contribution in [3.05, 3.63) is 30.2 Å². The largest absolute Gasteiger partial charge is 0.377 e. The number of ether oxygens (including phenoxy) is 2. The summed E-state index contributed by atoms with van der Waals surface area (Å²) in [6.45, 7) is 5.29. The van der Waals surface area contributed by atoms with Crippen molar-refractivity contribution >= 4 is 28.4 Å². The van der Waals surface area contributed by atoms with Gasteiger partial charge in [0.05, 0.1) is 37.0 Å². The first-order valence-electron chi connectivity index (χ1n) is 9.25. The van der Waals surface area contributed by atoms with Gasteiger partial charge < -0.3 is 19.7 Å². The molecule has 10 heteroatoms. The number of pyridine rings is 1. The van der Waals surface area contributed by atoms with E-state index in [1.54, 1.807) is 26.5 Å². The molecule has 0 aromatic carbocycles. The van der Waals surface area contributed by atoms with Crippen LogP contribution in [0.5, 0.6) is 0 Å². The van der Waals surface area contributed by atoms with Gasteiger partial charge in [-0.1, -0.05) is 11.3 Å². The van der Waals surface area contributed by atoms with Gasteiger partial charge in [0.1, 0.15) is 0 Å². The van der Waals surface area contributed by atoms with Gasteiger partial charge in [0, 0.05) is 39.5 Å². The fourth-order valence-electron chi connectivity index (χ4n) is 2.31. The molecule has 0 radical (unpaired) electrons. The van der Waals surface area contributed by atoms with Crippen molar-refractivity contribution in [2.75, 3.05) is 52.4 Å². The van der Waals surface area contributed by atoms with Crippen LogP contribution in [0.2, 0.25) is 0 Å². The van der Waals surface area contributed by atoms with Crippen LogP contribution in [0.15, 0.2) is 24.5 Å². The Morgan fingerprint density at radius 2 is 1.76 bits per heavy atom. The molecule has 158 valence electrons. The number of hydrogen-bond donors (Lipinski definition) is 2. The summed E-state index contributed by atoms with van der Waals surface area (Å²) in [4.78, 5) is 34.1. The number of amides is 3. The van der Waals surface area contributed by atoms with Crippen LogP contribution >= 0.6 is 11.3 Å². The molecule has 3 rings (SSSR count). The van der Waals surface area contributed by atoms with Crippen molar-refractivity contribution in [1.29, 1.82) is 0 Å². The zero-order chi connectivity index (χ0) is 21.1. The summed E-state index contributed by atoms with van der Waals surface area (Å²) in [7, 11) is 3.36. The third kappa shape index (κ3) is 8.14. The van der Waals surface area contributed by atoms with Crippen LogP contribution in [-0.2, 0) is 14.3 Å². The number of nitrogens with one attached hydrogen (secondary N) is 2. The maximum Gasteiger partial charge on any atom is 0.321 e. The van der Waals surface area contributed by atoms with Crippen LogP contribution in [0.25, 0.3) is 10.4 Å². The molecule has 0 atom stereocenters. The number of nitrogens with zero attached hydrogens (tertiary/aromatic N) is 3. The second kappa shape index (κ2) is 12.1. The standard InChI is InChI=1S/C15H19N5O2S.C4H8O2/c1-10-13(11-4-7-16-8-5-11)23-15(18-10)19-14(22)17-9-6-12(21)20(2)3;1-2-6-4-3-5-1/h4-5,7-8H,6,9H2,1-3H3,(H2,17,18,19,22);1-4H2. The van der Waals surface area contributed by atoms with E-state index in [0.717, 1.165) is 42.6 Å². The Balaban J connectivity index is 0.000000426. The van der Waals surface area contributed by atoms with Crippen molar-refractivity contribution in [2.24, 2.45) is 0 Å². The summed E-state index contributed by atoms with van der Waals surface area (Å²) in [5.74, 6) is -0.0321. The van der Waals surface area contributed by atoms with E-state index in [2.05, 4.69) is 20.6 Å². The lowest BCUT2D eigenvalue weighted by Gasteiger charge is -2.10. The smallest absolute Gasteiger partial charge is 0.321 e. The number of aromatic nitrogens is 2. The fourth-order valence-corrected chi connectivity index (χ4v) is 3.28. The highest BCUT2D eigenvalue weighted by Gasteiger charge is 2.12. The van der Waals surface area contributed by atoms with Gasteiger partial charge in [-0.05, 0) is 24.6 Å². The average molecular weight is 422 g/mol. The second-order valence-electron chi connectivity index (χ2n) is 6.31. The molecule has 0 unspecified atom stereocenters. The highest BCUT2D eigenvalue weighted by molar-refractivity contribution is 7.19. The Labute approximate surface area is 174 Å². The highest BCUT2D eigenvalue weighted by atomic mass is 32.1. The van der Waals surface area contributed by atoms with Crippen molar-refractivity contribution < 1.29 is 19.1 Å². The van der Waals surface area contributed by atoms with Gasteiger partial charge in [0.25, 0.3) is 0 Å². The van der Waals surface area contributed by atoms with E-state index >= 15 is 0 Å². The Kier molecular flexibility index (Phi) is 9.48. The SMILES string of the molecule is C1COCCO1.Cc1nc(NC(=O)NCCC(=O)N(C)C)sc1-c1ccncc1. The number of rotatable bonds is 5. The molecule has 2 aromatic heterocycles. The number of anilines is 1. The van der Waals surface area contributed by atoms with Crippen LogP contribution in [0.1, 0.15) is 12.1 Å². The lowest BCUT2D eigenvalue weighted by molar-refractivity contribution is -0.128. The molecule has 3 amide bonds. The second-order valence-corrected chi connectivity index (χ2v) is 7.31. The van der Waals surface area contributed by atoms with Crippen molar-refractivity contribution in [3.8, 4) is 10.4 Å². The van der Waals surface area contributed by atoms with E-state index in [1.807, 2.05) is 19.1 Å². The normalized spacial score (nSPS) is 13.1. The maximum absolute atomic E-state index is 11.8. The summed E-state index contributed by atoms with van der Waals surface area (Å²) in [5.41, 5.74) is 1.86. The molecule has 9 nitrogen and oxygen atoms in total. The van der Waals surface area contributed by atoms with Gasteiger partial charge in [-0.2, -0.15) is 0 Å². The summed E-state index contributed by atoms with van der Waals surface area (Å²) < 4.78 is 9.89. The van der Waals surface area contributed by atoms with Gasteiger partial charge >= 0.3 is 6.03 Å². The molecular weight excluding hydrogens is 394 g/mol. The van der Waals surface area contributed by atoms with Gasteiger partial charge in [0.2, 0.25) is 5.91 Å². The van der Waals surface area contributed by atoms with Crippen LogP contribution in [0.3, 0.4) is 0 Å². The maximum atomic E-state index is 11.8. The number of urea groups is 1. The van der Waals surface area contributed by atoms with Crippen LogP contribution in [0.4, 0.5) is 9.93 Å². The molecule has 1 aliphatic rings. The zero-order valence-electron chi connectivity index (χ0n) is 16.9. The predicted octanol–water partition coefficient (Wildman–Crippen LogP) is 2.15. The number of aryl methyl sites for hydroxylation is 1. The quantitative estimate of drug-likeness (QED) is 0.766. The molecule has 0 bridgehead atoms. The van der Waals surface area contributed by atoms with E-state index in [9.17, 15) is 9.59 Å². The van der Waals surface area contributed by atoms with E-state index in [0.29, 0.717) is 5.13 Å². The summed E-state index contributed by atoms with van der Waals surface area (Å²) in [6, 6.07) is 3.43. The molecule has 2 N–H and O–H groups in total. The Hall–Kier alpha value is -2.56. The van der Waals surface area contributed by atoms with E-state index in [4.69, 9.17) is 9.47 Å². The lowest BCUT2D eigenvalue weighted by atomic mass is 10.2. The first-order chi connectivity index (χ1) is 14.0. The van der Waals surface area contributed by atoms with Crippen molar-refractivity contribution in [1.82, 2.24) is 20.2 Å². The Morgan fingerprint density at radius 1 is 1.14 bits per heavy atom. The molecular formula is C19H27N5O4S. The number of carbonyl (C=O) groups excluding carboxylic acids is 2. The lowest BCUT2D eigenvalue weighted by Crippen LogP contribution is -2.33. The molecule has 0 saturated carbocycles. The molecule has 3 heterocycles. The molecule has 1 saturated heterocycles. The molecule has 1 aliphatic heterocycles. The van der Waals surface area contributed by atoms with Gasteiger partial charge in [-0.3, -0.25) is 15.1 Å². The van der Waals surface area contributed by atoms with Gasteiger partial charge in [0.15, 0.2) is 5.13 Å². The van der Waals surface area contributed by atoms with Crippen LogP contribution in [-0.4, -0.2) is 73.9 Å². The summed E-state index contributed by atoms with van der Waals surface area (Å²) in [6.07, 6.45) is 3.70. The number of carbonyl (C=O) groups is 2. The van der Waals surface area contributed by atoms with Crippen LogP contribution in [0, 0.1) is 6.92 Å². The molecule has 0 spiro atoms. The first kappa shape index (κ1) is 22.7. The highest BCUT2D eigenvalue weighted by Crippen LogP contribution is 2.32. The average Bonchev–Trinajstić information content (AvgIpc) is 3.10. The zero-order valence-corrected chi connectivity index (χ0v) is 17.8. The monoisotopic (exact) mass is 421 g/mol. The van der Waals surface area contributed by atoms with E-state index < -0.39 is 0 Å². The molecule has 2 aromatic rings. The third-order valence-corrected chi connectivity index (χ3v) is 4.95.